The minimum Gasteiger partial charge on any atom is -0.452 e. The molecule has 1 aromatic heterocycles. The first-order chi connectivity index (χ1) is 14.0. The second-order valence-corrected chi connectivity index (χ2v) is 6.93. The Morgan fingerprint density at radius 2 is 1.83 bits per heavy atom. The Labute approximate surface area is 174 Å². The Kier molecular flexibility index (Phi) is 6.67. The highest BCUT2D eigenvalue weighted by atomic mass is 35.5. The Morgan fingerprint density at radius 1 is 1.14 bits per heavy atom. The molecule has 3 aromatic rings. The highest BCUT2D eigenvalue weighted by Crippen LogP contribution is 2.26. The lowest BCUT2D eigenvalue weighted by Gasteiger charge is -2.12. The first-order valence-corrected chi connectivity index (χ1v) is 9.72. The molecule has 0 bridgehead atoms. The summed E-state index contributed by atoms with van der Waals surface area (Å²) in [4.78, 5) is 24.3. The van der Waals surface area contributed by atoms with Crippen molar-refractivity contribution in [1.82, 2.24) is 15.1 Å². The number of aromatic nitrogens is 2. The van der Waals surface area contributed by atoms with Gasteiger partial charge < -0.3 is 10.1 Å². The van der Waals surface area contributed by atoms with Gasteiger partial charge in [0.1, 0.15) is 0 Å². The van der Waals surface area contributed by atoms with Gasteiger partial charge in [-0.3, -0.25) is 9.59 Å². The maximum Gasteiger partial charge on any atom is 0.311 e. The molecule has 0 aliphatic heterocycles. The zero-order chi connectivity index (χ0) is 20.8. The second kappa shape index (κ2) is 9.39. The number of hydrogen-bond acceptors (Lipinski definition) is 4. The van der Waals surface area contributed by atoms with Crippen molar-refractivity contribution in [2.45, 2.75) is 26.4 Å². The summed E-state index contributed by atoms with van der Waals surface area (Å²) in [6, 6.07) is 16.9. The van der Waals surface area contributed by atoms with Gasteiger partial charge in [0.2, 0.25) is 0 Å². The van der Waals surface area contributed by atoms with Crippen molar-refractivity contribution < 1.29 is 14.3 Å². The average Bonchev–Trinajstić information content (AvgIpc) is 3.13. The van der Waals surface area contributed by atoms with Gasteiger partial charge in [0, 0.05) is 28.9 Å². The molecular weight excluding hydrogens is 390 g/mol. The van der Waals surface area contributed by atoms with E-state index in [0.29, 0.717) is 22.8 Å². The van der Waals surface area contributed by atoms with Crippen LogP contribution in [0, 0.1) is 0 Å². The second-order valence-electron chi connectivity index (χ2n) is 6.49. The lowest BCUT2D eigenvalue weighted by molar-refractivity contribution is -0.154. The number of ether oxygens (including phenoxy) is 1. The van der Waals surface area contributed by atoms with E-state index in [9.17, 15) is 9.59 Å². The lowest BCUT2D eigenvalue weighted by atomic mass is 10.1. The van der Waals surface area contributed by atoms with Crippen LogP contribution in [0.25, 0.3) is 16.9 Å². The number of rotatable bonds is 7. The minimum absolute atomic E-state index is 0.00542. The summed E-state index contributed by atoms with van der Waals surface area (Å²) in [6.45, 7) is 3.84. The number of benzene rings is 2. The number of hydrogen-bond donors (Lipinski definition) is 1. The van der Waals surface area contributed by atoms with Gasteiger partial charge in [0.25, 0.3) is 5.91 Å². The number of carbonyl (C=O) groups is 2. The summed E-state index contributed by atoms with van der Waals surface area (Å²) < 4.78 is 7.01. The summed E-state index contributed by atoms with van der Waals surface area (Å²) in [5.41, 5.74) is 3.07. The fraction of sp³-hybridized carbons (Fsp3) is 0.227. The molecule has 0 spiro atoms. The van der Waals surface area contributed by atoms with Gasteiger partial charge in [-0.15, -0.1) is 0 Å². The molecule has 0 aliphatic carbocycles. The Morgan fingerprint density at radius 3 is 2.48 bits per heavy atom. The van der Waals surface area contributed by atoms with Crippen LogP contribution in [-0.2, 0) is 20.7 Å². The number of likely N-dealkylation sites (N-methyl/N-ethyl adjacent to an activating group) is 1. The number of nitrogens with zero attached hydrogens (tertiary/aromatic N) is 2. The van der Waals surface area contributed by atoms with Gasteiger partial charge in [0.05, 0.1) is 17.8 Å². The number of nitrogens with one attached hydrogen (secondary N) is 1. The van der Waals surface area contributed by atoms with Crippen LogP contribution >= 0.6 is 11.6 Å². The van der Waals surface area contributed by atoms with E-state index in [2.05, 4.69) is 10.4 Å². The maximum atomic E-state index is 12.5. The van der Waals surface area contributed by atoms with Gasteiger partial charge >= 0.3 is 5.97 Å². The predicted octanol–water partition coefficient (Wildman–Crippen LogP) is 3.80. The Balaban J connectivity index is 1.88. The van der Waals surface area contributed by atoms with Gasteiger partial charge in [-0.2, -0.15) is 5.10 Å². The van der Waals surface area contributed by atoms with Gasteiger partial charge in [-0.1, -0.05) is 41.9 Å². The van der Waals surface area contributed by atoms with Crippen LogP contribution in [0.1, 0.15) is 19.4 Å². The monoisotopic (exact) mass is 411 g/mol. The molecule has 0 saturated heterocycles. The molecule has 6 nitrogen and oxygen atoms in total. The van der Waals surface area contributed by atoms with Crippen molar-refractivity contribution in [3.63, 3.8) is 0 Å². The molecule has 1 heterocycles. The molecule has 1 N–H and O–H groups in total. The number of para-hydroxylation sites is 1. The summed E-state index contributed by atoms with van der Waals surface area (Å²) >= 11 is 6.00. The van der Waals surface area contributed by atoms with Crippen molar-refractivity contribution in [2.75, 3.05) is 6.54 Å². The summed E-state index contributed by atoms with van der Waals surface area (Å²) in [6.07, 6.45) is 0.942. The van der Waals surface area contributed by atoms with Crippen LogP contribution in [0.2, 0.25) is 5.02 Å². The van der Waals surface area contributed by atoms with E-state index in [1.807, 2.05) is 49.4 Å². The van der Waals surface area contributed by atoms with Crippen molar-refractivity contribution in [3.05, 3.63) is 71.4 Å². The minimum atomic E-state index is -0.856. The molecule has 3 rings (SSSR count). The van der Waals surface area contributed by atoms with Crippen molar-refractivity contribution >= 4 is 23.5 Å². The molecule has 0 aliphatic rings. The Hall–Kier alpha value is -3.12. The third-order valence-corrected chi connectivity index (χ3v) is 4.54. The van der Waals surface area contributed by atoms with Gasteiger partial charge in [0.15, 0.2) is 6.10 Å². The van der Waals surface area contributed by atoms with Crippen LogP contribution in [0.15, 0.2) is 60.8 Å². The molecular formula is C22H22ClN3O3. The van der Waals surface area contributed by atoms with Crippen molar-refractivity contribution in [3.8, 4) is 16.9 Å². The summed E-state index contributed by atoms with van der Waals surface area (Å²) in [7, 11) is 0. The van der Waals surface area contributed by atoms with Gasteiger partial charge in [-0.25, -0.2) is 4.68 Å². The van der Waals surface area contributed by atoms with E-state index in [-0.39, 0.29) is 12.3 Å². The van der Waals surface area contributed by atoms with E-state index in [1.54, 1.807) is 29.9 Å². The number of carbonyl (C=O) groups excluding carboxylic acids is 2. The van der Waals surface area contributed by atoms with Crippen LogP contribution in [0.3, 0.4) is 0 Å². The average molecular weight is 412 g/mol. The van der Waals surface area contributed by atoms with Crippen LogP contribution in [0.5, 0.6) is 0 Å². The number of esters is 1. The van der Waals surface area contributed by atoms with Crippen LogP contribution < -0.4 is 5.32 Å². The third kappa shape index (κ3) is 5.23. The molecule has 0 radical (unpaired) electrons. The van der Waals surface area contributed by atoms with Crippen LogP contribution in [0.4, 0.5) is 0 Å². The molecule has 0 unspecified atom stereocenters. The lowest BCUT2D eigenvalue weighted by Crippen LogP contribution is -2.35. The van der Waals surface area contributed by atoms with Crippen LogP contribution in [-0.4, -0.2) is 34.3 Å². The Bertz CT molecular complexity index is 984. The summed E-state index contributed by atoms with van der Waals surface area (Å²) in [5.74, 6) is -0.815. The molecule has 1 atom stereocenters. The largest absolute Gasteiger partial charge is 0.452 e. The molecule has 2 aromatic carbocycles. The zero-order valence-corrected chi connectivity index (χ0v) is 17.0. The maximum absolute atomic E-state index is 12.5. The third-order valence-electron chi connectivity index (χ3n) is 4.29. The van der Waals surface area contributed by atoms with E-state index >= 15 is 0 Å². The quantitative estimate of drug-likeness (QED) is 0.600. The fourth-order valence-corrected chi connectivity index (χ4v) is 2.99. The SMILES string of the molecule is CCNC(=O)[C@@H](C)OC(=O)Cc1cn(-c2ccccc2)nc1-c1ccc(Cl)cc1. The summed E-state index contributed by atoms with van der Waals surface area (Å²) in [5, 5.41) is 7.92. The van der Waals surface area contributed by atoms with Crippen molar-refractivity contribution in [1.29, 1.82) is 0 Å². The van der Waals surface area contributed by atoms with Gasteiger partial charge in [-0.05, 0) is 38.1 Å². The highest BCUT2D eigenvalue weighted by Gasteiger charge is 2.20. The molecule has 0 fully saturated rings. The topological polar surface area (TPSA) is 73.2 Å². The van der Waals surface area contributed by atoms with E-state index < -0.39 is 12.1 Å². The first kappa shape index (κ1) is 20.6. The van der Waals surface area contributed by atoms with E-state index in [0.717, 1.165) is 11.3 Å². The predicted molar refractivity (Wildman–Crippen MR) is 112 cm³/mol. The van der Waals surface area contributed by atoms with E-state index in [4.69, 9.17) is 16.3 Å². The molecule has 0 saturated carbocycles. The molecule has 29 heavy (non-hydrogen) atoms. The standard InChI is InChI=1S/C22H22ClN3O3/c1-3-24-22(28)15(2)29-20(27)13-17-14-26(19-7-5-4-6-8-19)25-21(17)16-9-11-18(23)12-10-16/h4-12,14-15H,3,13H2,1-2H3,(H,24,28)/t15-/m1/s1. The first-order valence-electron chi connectivity index (χ1n) is 9.35. The smallest absolute Gasteiger partial charge is 0.311 e. The molecule has 7 heteroatoms. The zero-order valence-electron chi connectivity index (χ0n) is 16.3. The number of halogens is 1. The molecule has 150 valence electrons. The normalized spacial score (nSPS) is 11.7. The fourth-order valence-electron chi connectivity index (χ4n) is 2.87. The number of amides is 1. The highest BCUT2D eigenvalue weighted by molar-refractivity contribution is 6.30. The van der Waals surface area contributed by atoms with Crippen molar-refractivity contribution in [2.24, 2.45) is 0 Å². The molecule has 1 amide bonds. The van der Waals surface area contributed by atoms with E-state index in [1.165, 1.54) is 0 Å².